The average molecular weight is 463 g/mol. The Balaban J connectivity index is 1.59. The van der Waals surface area contributed by atoms with E-state index < -0.39 is 18.4 Å². The standard InChI is InChI=1S/C22H21ClF2N4OS/c1-14-28-19(20(31-14)15-5-3-2-4-6-15)21(30)29-10-9-22(24,25)11-17(29)13-27-18-8-7-16(23)12-26-18/h2-8,12,17H,9-11,13H2,1H3,(H,26,27). The number of anilines is 1. The van der Waals surface area contributed by atoms with Crippen molar-refractivity contribution in [2.45, 2.75) is 31.7 Å². The van der Waals surface area contributed by atoms with Gasteiger partial charge < -0.3 is 10.2 Å². The Labute approximate surface area is 188 Å². The van der Waals surface area contributed by atoms with Crippen LogP contribution in [0, 0.1) is 6.92 Å². The quantitative estimate of drug-likeness (QED) is 0.542. The van der Waals surface area contributed by atoms with E-state index in [1.807, 2.05) is 37.3 Å². The molecule has 3 heterocycles. The van der Waals surface area contributed by atoms with Gasteiger partial charge in [-0.05, 0) is 24.6 Å². The largest absolute Gasteiger partial charge is 0.368 e. The zero-order chi connectivity index (χ0) is 22.0. The van der Waals surface area contributed by atoms with Crippen LogP contribution in [0.1, 0.15) is 28.3 Å². The lowest BCUT2D eigenvalue weighted by molar-refractivity contribution is -0.0675. The van der Waals surface area contributed by atoms with Crippen molar-refractivity contribution in [3.05, 3.63) is 64.4 Å². The van der Waals surface area contributed by atoms with Crippen LogP contribution in [0.25, 0.3) is 10.4 Å². The monoisotopic (exact) mass is 462 g/mol. The van der Waals surface area contributed by atoms with Crippen LogP contribution in [0.3, 0.4) is 0 Å². The summed E-state index contributed by atoms with van der Waals surface area (Å²) < 4.78 is 28.4. The zero-order valence-corrected chi connectivity index (χ0v) is 18.4. The molecule has 1 aliphatic rings. The minimum Gasteiger partial charge on any atom is -0.368 e. The molecule has 4 rings (SSSR count). The number of halogens is 3. The maximum atomic E-state index is 14.2. The second kappa shape index (κ2) is 8.88. The first-order chi connectivity index (χ1) is 14.8. The highest BCUT2D eigenvalue weighted by atomic mass is 35.5. The second-order valence-corrected chi connectivity index (χ2v) is 9.12. The number of carbonyl (C=O) groups excluding carboxylic acids is 1. The summed E-state index contributed by atoms with van der Waals surface area (Å²) in [5, 5.41) is 4.29. The van der Waals surface area contributed by atoms with Gasteiger partial charge in [0.05, 0.1) is 20.9 Å². The van der Waals surface area contributed by atoms with Gasteiger partial charge >= 0.3 is 0 Å². The molecule has 162 valence electrons. The van der Waals surface area contributed by atoms with Gasteiger partial charge in [0.15, 0.2) is 0 Å². The van der Waals surface area contributed by atoms with Gasteiger partial charge in [0.2, 0.25) is 0 Å². The Morgan fingerprint density at radius 2 is 2.06 bits per heavy atom. The Kier molecular flexibility index (Phi) is 6.20. The van der Waals surface area contributed by atoms with Gasteiger partial charge in [-0.15, -0.1) is 11.3 Å². The van der Waals surface area contributed by atoms with Gasteiger partial charge in [0, 0.05) is 32.1 Å². The molecule has 31 heavy (non-hydrogen) atoms. The number of aromatic nitrogens is 2. The van der Waals surface area contributed by atoms with Crippen LogP contribution in [0.2, 0.25) is 5.02 Å². The van der Waals surface area contributed by atoms with Crippen LogP contribution in [-0.4, -0.2) is 45.8 Å². The fourth-order valence-electron chi connectivity index (χ4n) is 3.67. The lowest BCUT2D eigenvalue weighted by atomic mass is 9.97. The van der Waals surface area contributed by atoms with Crippen molar-refractivity contribution < 1.29 is 13.6 Å². The van der Waals surface area contributed by atoms with E-state index in [0.29, 0.717) is 16.5 Å². The Morgan fingerprint density at radius 3 is 2.77 bits per heavy atom. The van der Waals surface area contributed by atoms with Gasteiger partial charge in [-0.3, -0.25) is 4.79 Å². The van der Waals surface area contributed by atoms with E-state index in [-0.39, 0.29) is 25.4 Å². The third kappa shape index (κ3) is 5.02. The summed E-state index contributed by atoms with van der Waals surface area (Å²) in [5.74, 6) is -2.63. The average Bonchev–Trinajstić information content (AvgIpc) is 3.15. The molecule has 2 aromatic heterocycles. The van der Waals surface area contributed by atoms with E-state index in [2.05, 4.69) is 15.3 Å². The number of alkyl halides is 2. The first-order valence-electron chi connectivity index (χ1n) is 9.89. The second-order valence-electron chi connectivity index (χ2n) is 7.48. The van der Waals surface area contributed by atoms with Crippen molar-refractivity contribution in [2.24, 2.45) is 0 Å². The van der Waals surface area contributed by atoms with Crippen molar-refractivity contribution in [1.82, 2.24) is 14.9 Å². The van der Waals surface area contributed by atoms with Crippen molar-refractivity contribution in [3.8, 4) is 10.4 Å². The summed E-state index contributed by atoms with van der Waals surface area (Å²) in [6, 6.07) is 12.2. The molecule has 0 saturated carbocycles. The summed E-state index contributed by atoms with van der Waals surface area (Å²) in [5.41, 5.74) is 1.20. The van der Waals surface area contributed by atoms with Crippen LogP contribution in [0.5, 0.6) is 0 Å². The van der Waals surface area contributed by atoms with Crippen LogP contribution >= 0.6 is 22.9 Å². The first-order valence-corrected chi connectivity index (χ1v) is 11.1. The SMILES string of the molecule is Cc1nc(C(=O)N2CCC(F)(F)CC2CNc2ccc(Cl)cn2)c(-c2ccccc2)s1. The molecular weight excluding hydrogens is 442 g/mol. The van der Waals surface area contributed by atoms with E-state index >= 15 is 0 Å². The predicted octanol–water partition coefficient (Wildman–Crippen LogP) is 5.52. The summed E-state index contributed by atoms with van der Waals surface area (Å²) in [4.78, 5) is 24.3. The fourth-order valence-corrected chi connectivity index (χ4v) is 4.70. The number of nitrogens with zero attached hydrogens (tertiary/aromatic N) is 3. The number of hydrogen-bond acceptors (Lipinski definition) is 5. The number of pyridine rings is 1. The summed E-state index contributed by atoms with van der Waals surface area (Å²) in [6.07, 6.45) is 0.702. The Hall–Kier alpha value is -2.58. The van der Waals surface area contributed by atoms with E-state index in [1.165, 1.54) is 22.4 Å². The van der Waals surface area contributed by atoms with E-state index in [0.717, 1.165) is 15.4 Å². The highest BCUT2D eigenvalue weighted by Gasteiger charge is 2.43. The minimum absolute atomic E-state index is 0.0307. The van der Waals surface area contributed by atoms with Crippen LogP contribution in [-0.2, 0) is 0 Å². The molecule has 5 nitrogen and oxygen atoms in total. The zero-order valence-electron chi connectivity index (χ0n) is 16.8. The summed E-state index contributed by atoms with van der Waals surface area (Å²) in [7, 11) is 0. The molecule has 1 aliphatic heterocycles. The van der Waals surface area contributed by atoms with Crippen molar-refractivity contribution in [2.75, 3.05) is 18.4 Å². The normalized spacial score (nSPS) is 18.1. The number of carbonyl (C=O) groups is 1. The number of rotatable bonds is 5. The van der Waals surface area contributed by atoms with E-state index in [9.17, 15) is 13.6 Å². The lowest BCUT2D eigenvalue weighted by Crippen LogP contribution is -2.52. The van der Waals surface area contributed by atoms with Crippen molar-refractivity contribution in [3.63, 3.8) is 0 Å². The highest BCUT2D eigenvalue weighted by molar-refractivity contribution is 7.15. The number of hydrogen-bond donors (Lipinski definition) is 1. The van der Waals surface area contributed by atoms with Crippen LogP contribution in [0.15, 0.2) is 48.7 Å². The van der Waals surface area contributed by atoms with Crippen molar-refractivity contribution in [1.29, 1.82) is 0 Å². The van der Waals surface area contributed by atoms with Gasteiger partial charge in [-0.25, -0.2) is 18.7 Å². The molecule has 1 aromatic carbocycles. The van der Waals surface area contributed by atoms with Crippen molar-refractivity contribution >= 4 is 34.7 Å². The number of aryl methyl sites for hydroxylation is 1. The Bertz CT molecular complexity index is 1060. The molecule has 1 fully saturated rings. The molecular formula is C22H21ClF2N4OS. The molecule has 1 saturated heterocycles. The third-order valence-electron chi connectivity index (χ3n) is 5.17. The number of amides is 1. The van der Waals surface area contributed by atoms with E-state index in [4.69, 9.17) is 11.6 Å². The number of thiazole rings is 1. The molecule has 1 N–H and O–H groups in total. The molecule has 0 bridgehead atoms. The molecule has 0 spiro atoms. The maximum Gasteiger partial charge on any atom is 0.274 e. The molecule has 1 atom stereocenters. The summed E-state index contributed by atoms with van der Waals surface area (Å²) >= 11 is 7.28. The lowest BCUT2D eigenvalue weighted by Gasteiger charge is -2.39. The van der Waals surface area contributed by atoms with Crippen LogP contribution < -0.4 is 5.32 Å². The van der Waals surface area contributed by atoms with Gasteiger partial charge in [0.25, 0.3) is 11.8 Å². The number of benzene rings is 1. The fraction of sp³-hybridized carbons (Fsp3) is 0.318. The smallest absolute Gasteiger partial charge is 0.274 e. The molecule has 3 aromatic rings. The van der Waals surface area contributed by atoms with Crippen LogP contribution in [0.4, 0.5) is 14.6 Å². The molecule has 1 unspecified atom stereocenters. The minimum atomic E-state index is -2.82. The third-order valence-corrected chi connectivity index (χ3v) is 6.42. The first kappa shape index (κ1) is 21.6. The Morgan fingerprint density at radius 1 is 1.29 bits per heavy atom. The number of nitrogens with one attached hydrogen (secondary N) is 1. The molecule has 1 amide bonds. The topological polar surface area (TPSA) is 58.1 Å². The maximum absolute atomic E-state index is 14.2. The molecule has 0 radical (unpaired) electrons. The van der Waals surface area contributed by atoms with Gasteiger partial charge in [-0.2, -0.15) is 0 Å². The molecule has 0 aliphatic carbocycles. The summed E-state index contributed by atoms with van der Waals surface area (Å²) in [6.45, 7) is 1.96. The van der Waals surface area contributed by atoms with E-state index in [1.54, 1.807) is 12.1 Å². The number of piperidine rings is 1. The predicted molar refractivity (Wildman–Crippen MR) is 119 cm³/mol. The molecule has 9 heteroatoms. The number of likely N-dealkylation sites (tertiary alicyclic amines) is 1. The van der Waals surface area contributed by atoms with Gasteiger partial charge in [0.1, 0.15) is 11.5 Å². The highest BCUT2D eigenvalue weighted by Crippen LogP contribution is 2.35. The van der Waals surface area contributed by atoms with Gasteiger partial charge in [-0.1, -0.05) is 41.9 Å².